The third kappa shape index (κ3) is 2.63. The van der Waals surface area contributed by atoms with Crippen molar-refractivity contribution < 1.29 is 5.11 Å². The zero-order valence-electron chi connectivity index (χ0n) is 12.7. The van der Waals surface area contributed by atoms with Crippen LogP contribution in [0.15, 0.2) is 79.1 Å². The molecule has 0 radical (unpaired) electrons. The van der Waals surface area contributed by atoms with E-state index >= 15 is 0 Å². The average molecular weight is 314 g/mol. The van der Waals surface area contributed by atoms with Crippen molar-refractivity contribution in [3.05, 3.63) is 79.1 Å². The molecule has 0 bridgehead atoms. The molecule has 1 N–H and O–H groups in total. The Kier molecular flexibility index (Phi) is 3.51. The number of hydrogen-bond donors (Lipinski definition) is 1. The molecule has 0 atom stereocenters. The minimum Gasteiger partial charge on any atom is -0.493 e. The van der Waals surface area contributed by atoms with Crippen LogP contribution in [0.2, 0.25) is 0 Å². The second-order valence-corrected chi connectivity index (χ2v) is 5.29. The van der Waals surface area contributed by atoms with Crippen LogP contribution in [-0.2, 0) is 0 Å². The summed E-state index contributed by atoms with van der Waals surface area (Å²) in [5.41, 5.74) is 3.88. The Bertz CT molecular complexity index is 948. The molecule has 0 saturated carbocycles. The third-order valence-electron chi connectivity index (χ3n) is 3.72. The fourth-order valence-corrected chi connectivity index (χ4v) is 2.52. The maximum Gasteiger partial charge on any atom is 0.253 e. The van der Waals surface area contributed by atoms with Crippen molar-refractivity contribution in [2.45, 2.75) is 0 Å². The fourth-order valence-electron chi connectivity index (χ4n) is 2.52. The van der Waals surface area contributed by atoms with Crippen molar-refractivity contribution in [2.24, 2.45) is 0 Å². The lowest BCUT2D eigenvalue weighted by Gasteiger charge is -2.03. The SMILES string of the molecule is Oc1cc(-c2ccc(-c3ccccc3)cc2)nn1-c1ncccn1. The zero-order valence-corrected chi connectivity index (χ0v) is 12.7. The first kappa shape index (κ1) is 14.1. The number of aromatic nitrogens is 4. The molecule has 2 aromatic heterocycles. The fraction of sp³-hybridized carbons (Fsp3) is 0. The second kappa shape index (κ2) is 5.96. The van der Waals surface area contributed by atoms with E-state index in [-0.39, 0.29) is 5.88 Å². The molecule has 5 heteroatoms. The summed E-state index contributed by atoms with van der Waals surface area (Å²) in [7, 11) is 0. The standard InChI is InChI=1S/C19H14N4O/c24-18-13-17(22-23(18)19-20-11-4-12-21-19)16-9-7-15(8-10-16)14-5-2-1-3-6-14/h1-13,24H. The Morgan fingerprint density at radius 2 is 1.33 bits per heavy atom. The molecular weight excluding hydrogens is 300 g/mol. The van der Waals surface area contributed by atoms with Crippen molar-refractivity contribution in [3.63, 3.8) is 0 Å². The molecule has 0 aliphatic rings. The van der Waals surface area contributed by atoms with Crippen molar-refractivity contribution in [1.29, 1.82) is 0 Å². The smallest absolute Gasteiger partial charge is 0.253 e. The van der Waals surface area contributed by atoms with E-state index in [4.69, 9.17) is 0 Å². The molecule has 2 heterocycles. The van der Waals surface area contributed by atoms with E-state index in [0.717, 1.165) is 16.7 Å². The summed E-state index contributed by atoms with van der Waals surface area (Å²) in [6, 6.07) is 21.6. The van der Waals surface area contributed by atoms with E-state index in [2.05, 4.69) is 27.2 Å². The van der Waals surface area contributed by atoms with Crippen LogP contribution in [0.5, 0.6) is 5.88 Å². The quantitative estimate of drug-likeness (QED) is 0.626. The molecule has 0 fully saturated rings. The second-order valence-electron chi connectivity index (χ2n) is 5.29. The molecule has 0 aliphatic heterocycles. The van der Waals surface area contributed by atoms with Gasteiger partial charge in [0.25, 0.3) is 5.95 Å². The Morgan fingerprint density at radius 1 is 0.708 bits per heavy atom. The van der Waals surface area contributed by atoms with Gasteiger partial charge in [-0.15, -0.1) is 0 Å². The van der Waals surface area contributed by atoms with Gasteiger partial charge in [0.15, 0.2) is 0 Å². The van der Waals surface area contributed by atoms with Gasteiger partial charge in [0, 0.05) is 24.0 Å². The molecule has 5 nitrogen and oxygen atoms in total. The molecule has 0 unspecified atom stereocenters. The minimum atomic E-state index is 0.00309. The van der Waals surface area contributed by atoms with Crippen LogP contribution >= 0.6 is 0 Å². The molecule has 2 aromatic carbocycles. The van der Waals surface area contributed by atoms with E-state index in [0.29, 0.717) is 11.6 Å². The summed E-state index contributed by atoms with van der Waals surface area (Å²) in [4.78, 5) is 8.20. The van der Waals surface area contributed by atoms with Gasteiger partial charge in [-0.05, 0) is 17.2 Å². The van der Waals surface area contributed by atoms with Crippen molar-refractivity contribution in [2.75, 3.05) is 0 Å². The number of rotatable bonds is 3. The summed E-state index contributed by atoms with van der Waals surface area (Å²) in [6.45, 7) is 0. The largest absolute Gasteiger partial charge is 0.493 e. The Hall–Kier alpha value is -3.47. The average Bonchev–Trinajstić information content (AvgIpc) is 3.05. The molecule has 0 saturated heterocycles. The predicted octanol–water partition coefficient (Wildman–Crippen LogP) is 3.70. The van der Waals surface area contributed by atoms with Crippen LogP contribution in [0.1, 0.15) is 0 Å². The lowest BCUT2D eigenvalue weighted by molar-refractivity contribution is 0.430. The summed E-state index contributed by atoms with van der Waals surface area (Å²) in [5, 5.41) is 14.5. The van der Waals surface area contributed by atoms with Crippen LogP contribution in [0.4, 0.5) is 0 Å². The van der Waals surface area contributed by atoms with Gasteiger partial charge in [-0.3, -0.25) is 0 Å². The summed E-state index contributed by atoms with van der Waals surface area (Å²) in [5.74, 6) is 0.338. The molecule has 4 rings (SSSR count). The first-order valence-electron chi connectivity index (χ1n) is 7.53. The summed E-state index contributed by atoms with van der Waals surface area (Å²) in [6.07, 6.45) is 3.22. The normalized spacial score (nSPS) is 10.7. The molecule has 24 heavy (non-hydrogen) atoms. The van der Waals surface area contributed by atoms with Crippen molar-refractivity contribution in [3.8, 4) is 34.2 Å². The van der Waals surface area contributed by atoms with Crippen LogP contribution in [0.25, 0.3) is 28.3 Å². The van der Waals surface area contributed by atoms with Crippen LogP contribution in [0.3, 0.4) is 0 Å². The van der Waals surface area contributed by atoms with Gasteiger partial charge in [-0.25, -0.2) is 9.97 Å². The van der Waals surface area contributed by atoms with Gasteiger partial charge in [0.05, 0.1) is 5.69 Å². The first-order chi connectivity index (χ1) is 11.8. The molecule has 0 spiro atoms. The van der Waals surface area contributed by atoms with E-state index in [9.17, 15) is 5.11 Å². The van der Waals surface area contributed by atoms with Gasteiger partial charge in [0.1, 0.15) is 0 Å². The van der Waals surface area contributed by atoms with E-state index in [1.165, 1.54) is 4.68 Å². The number of aromatic hydroxyl groups is 1. The van der Waals surface area contributed by atoms with Crippen molar-refractivity contribution in [1.82, 2.24) is 19.7 Å². The van der Waals surface area contributed by atoms with Crippen LogP contribution in [-0.4, -0.2) is 24.9 Å². The van der Waals surface area contributed by atoms with E-state index in [1.54, 1.807) is 24.5 Å². The van der Waals surface area contributed by atoms with Gasteiger partial charge >= 0.3 is 0 Å². The topological polar surface area (TPSA) is 63.8 Å². The predicted molar refractivity (Wildman–Crippen MR) is 91.7 cm³/mol. The van der Waals surface area contributed by atoms with E-state index < -0.39 is 0 Å². The molecule has 116 valence electrons. The monoisotopic (exact) mass is 314 g/mol. The highest BCUT2D eigenvalue weighted by atomic mass is 16.3. The molecule has 4 aromatic rings. The highest BCUT2D eigenvalue weighted by molar-refractivity contribution is 5.69. The number of benzene rings is 2. The Morgan fingerprint density at radius 3 is 2.04 bits per heavy atom. The maximum atomic E-state index is 10.1. The van der Waals surface area contributed by atoms with Gasteiger partial charge in [-0.2, -0.15) is 9.78 Å². The van der Waals surface area contributed by atoms with Gasteiger partial charge in [-0.1, -0.05) is 54.6 Å². The Labute approximate surface area is 138 Å². The van der Waals surface area contributed by atoms with Crippen molar-refractivity contribution >= 4 is 0 Å². The van der Waals surface area contributed by atoms with Gasteiger partial charge in [0.2, 0.25) is 5.88 Å². The van der Waals surface area contributed by atoms with Crippen LogP contribution < -0.4 is 0 Å². The maximum absolute atomic E-state index is 10.1. The van der Waals surface area contributed by atoms with Gasteiger partial charge < -0.3 is 5.11 Å². The number of nitrogens with zero attached hydrogens (tertiary/aromatic N) is 4. The third-order valence-corrected chi connectivity index (χ3v) is 3.72. The highest BCUT2D eigenvalue weighted by Crippen LogP contribution is 2.27. The Balaban J connectivity index is 1.68. The summed E-state index contributed by atoms with van der Waals surface area (Å²) >= 11 is 0. The number of hydrogen-bond acceptors (Lipinski definition) is 4. The summed E-state index contributed by atoms with van der Waals surface area (Å²) < 4.78 is 1.32. The molecular formula is C19H14N4O. The lowest BCUT2D eigenvalue weighted by Crippen LogP contribution is -2.01. The lowest BCUT2D eigenvalue weighted by atomic mass is 10.0. The molecule has 0 amide bonds. The zero-order chi connectivity index (χ0) is 16.4. The molecule has 0 aliphatic carbocycles. The highest BCUT2D eigenvalue weighted by Gasteiger charge is 2.11. The minimum absolute atomic E-state index is 0.00309. The first-order valence-corrected chi connectivity index (χ1v) is 7.53. The van der Waals surface area contributed by atoms with E-state index in [1.807, 2.05) is 42.5 Å². The van der Waals surface area contributed by atoms with Crippen LogP contribution in [0, 0.1) is 0 Å².